The molecule has 2 nitrogen and oxygen atoms in total. The molecule has 0 bridgehead atoms. The molecular weight excluding hydrogens is 385 g/mol. The Morgan fingerprint density at radius 1 is 1.10 bits per heavy atom. The molecule has 20 heavy (non-hydrogen) atoms. The van der Waals surface area contributed by atoms with Crippen molar-refractivity contribution in [3.8, 4) is 0 Å². The number of carbonyl (C=O) groups is 1. The van der Waals surface area contributed by atoms with Crippen molar-refractivity contribution in [2.75, 3.05) is 7.05 Å². The third kappa shape index (κ3) is 3.52. The number of alkyl halides is 1. The zero-order valence-electron chi connectivity index (χ0n) is 11.1. The van der Waals surface area contributed by atoms with Crippen LogP contribution in [0.1, 0.15) is 22.6 Å². The van der Waals surface area contributed by atoms with Gasteiger partial charge in [-0.1, -0.05) is 70.6 Å². The standard InChI is InChI=1S/C16H15ClINO/c1-19-16(20)15(13-6-8-14(17)9-7-13)12-4-2-11(10-18)3-5-12/h2-9,15H,10H2,1H3,(H,19,20). The van der Waals surface area contributed by atoms with Crippen molar-refractivity contribution >= 4 is 40.1 Å². The Labute approximate surface area is 137 Å². The molecule has 0 radical (unpaired) electrons. The number of hydrogen-bond donors (Lipinski definition) is 1. The van der Waals surface area contributed by atoms with E-state index in [1.807, 2.05) is 36.4 Å². The Hall–Kier alpha value is -1.07. The number of likely N-dealkylation sites (N-methyl/N-ethyl adjacent to an activating group) is 1. The number of benzene rings is 2. The molecule has 1 unspecified atom stereocenters. The van der Waals surface area contributed by atoms with E-state index in [4.69, 9.17) is 11.6 Å². The first-order chi connectivity index (χ1) is 9.65. The van der Waals surface area contributed by atoms with Crippen LogP contribution in [-0.4, -0.2) is 13.0 Å². The predicted octanol–water partition coefficient (Wildman–Crippen LogP) is 4.15. The molecule has 2 aromatic carbocycles. The average Bonchev–Trinajstić information content (AvgIpc) is 2.50. The topological polar surface area (TPSA) is 29.1 Å². The van der Waals surface area contributed by atoms with Gasteiger partial charge in [0.05, 0.1) is 5.92 Å². The van der Waals surface area contributed by atoms with Gasteiger partial charge in [-0.05, 0) is 28.8 Å². The fraction of sp³-hybridized carbons (Fsp3) is 0.188. The van der Waals surface area contributed by atoms with Gasteiger partial charge in [0.1, 0.15) is 0 Å². The zero-order chi connectivity index (χ0) is 14.5. The SMILES string of the molecule is CNC(=O)C(c1ccc(Cl)cc1)c1ccc(CI)cc1. The Morgan fingerprint density at radius 3 is 2.05 bits per heavy atom. The van der Waals surface area contributed by atoms with Crippen LogP contribution in [0.15, 0.2) is 48.5 Å². The number of hydrogen-bond acceptors (Lipinski definition) is 1. The van der Waals surface area contributed by atoms with Gasteiger partial charge in [0.15, 0.2) is 0 Å². The molecule has 4 heteroatoms. The van der Waals surface area contributed by atoms with E-state index >= 15 is 0 Å². The number of amides is 1. The van der Waals surface area contributed by atoms with Gasteiger partial charge in [0.25, 0.3) is 0 Å². The highest BCUT2D eigenvalue weighted by atomic mass is 127. The third-order valence-corrected chi connectivity index (χ3v) is 4.31. The highest BCUT2D eigenvalue weighted by molar-refractivity contribution is 14.1. The van der Waals surface area contributed by atoms with Crippen molar-refractivity contribution in [1.29, 1.82) is 0 Å². The lowest BCUT2D eigenvalue weighted by Crippen LogP contribution is -2.26. The van der Waals surface area contributed by atoms with Gasteiger partial charge in [-0.25, -0.2) is 0 Å². The van der Waals surface area contributed by atoms with E-state index < -0.39 is 0 Å². The number of nitrogens with one attached hydrogen (secondary N) is 1. The summed E-state index contributed by atoms with van der Waals surface area (Å²) in [5.41, 5.74) is 3.18. The molecule has 1 atom stereocenters. The number of rotatable bonds is 4. The van der Waals surface area contributed by atoms with Crippen LogP contribution in [0.2, 0.25) is 5.02 Å². The lowest BCUT2D eigenvalue weighted by molar-refractivity contribution is -0.121. The molecule has 2 aromatic rings. The van der Waals surface area contributed by atoms with Gasteiger partial charge in [-0.2, -0.15) is 0 Å². The largest absolute Gasteiger partial charge is 0.358 e. The quantitative estimate of drug-likeness (QED) is 0.607. The molecule has 104 valence electrons. The van der Waals surface area contributed by atoms with Crippen molar-refractivity contribution in [2.45, 2.75) is 10.3 Å². The van der Waals surface area contributed by atoms with Crippen LogP contribution in [0.3, 0.4) is 0 Å². The first-order valence-electron chi connectivity index (χ1n) is 6.27. The monoisotopic (exact) mass is 399 g/mol. The second-order valence-corrected chi connectivity index (χ2v) is 5.67. The molecule has 2 rings (SSSR count). The molecule has 0 aliphatic heterocycles. The van der Waals surface area contributed by atoms with E-state index in [0.717, 1.165) is 15.6 Å². The van der Waals surface area contributed by atoms with Gasteiger partial charge >= 0.3 is 0 Å². The van der Waals surface area contributed by atoms with E-state index in [0.29, 0.717) is 5.02 Å². The smallest absolute Gasteiger partial charge is 0.231 e. The van der Waals surface area contributed by atoms with Gasteiger partial charge in [-0.3, -0.25) is 4.79 Å². The van der Waals surface area contributed by atoms with Crippen molar-refractivity contribution < 1.29 is 4.79 Å². The normalized spacial score (nSPS) is 11.9. The molecule has 0 aromatic heterocycles. The number of carbonyl (C=O) groups excluding carboxylic acids is 1. The summed E-state index contributed by atoms with van der Waals surface area (Å²) in [5, 5.41) is 3.40. The number of halogens is 2. The first-order valence-corrected chi connectivity index (χ1v) is 8.18. The summed E-state index contributed by atoms with van der Waals surface area (Å²) >= 11 is 8.24. The Bertz CT molecular complexity index is 580. The van der Waals surface area contributed by atoms with Gasteiger partial charge in [-0.15, -0.1) is 0 Å². The zero-order valence-corrected chi connectivity index (χ0v) is 14.0. The molecule has 0 heterocycles. The van der Waals surface area contributed by atoms with E-state index in [2.05, 4.69) is 40.0 Å². The van der Waals surface area contributed by atoms with E-state index in [-0.39, 0.29) is 11.8 Å². The summed E-state index contributed by atoms with van der Waals surface area (Å²) in [6.45, 7) is 0. The minimum atomic E-state index is -0.305. The first kappa shape index (κ1) is 15.3. The summed E-state index contributed by atoms with van der Waals surface area (Å²) in [6, 6.07) is 15.6. The Balaban J connectivity index is 2.41. The van der Waals surface area contributed by atoms with Crippen LogP contribution in [0, 0.1) is 0 Å². The predicted molar refractivity (Wildman–Crippen MR) is 91.5 cm³/mol. The maximum absolute atomic E-state index is 12.2. The van der Waals surface area contributed by atoms with Crippen LogP contribution < -0.4 is 5.32 Å². The van der Waals surface area contributed by atoms with E-state index in [1.165, 1.54) is 5.56 Å². The maximum Gasteiger partial charge on any atom is 0.231 e. The molecule has 0 aliphatic carbocycles. The maximum atomic E-state index is 12.2. The van der Waals surface area contributed by atoms with Crippen molar-refractivity contribution in [3.05, 3.63) is 70.2 Å². The minimum Gasteiger partial charge on any atom is -0.358 e. The van der Waals surface area contributed by atoms with E-state index in [1.54, 1.807) is 7.05 Å². The lowest BCUT2D eigenvalue weighted by atomic mass is 9.90. The average molecular weight is 400 g/mol. The van der Waals surface area contributed by atoms with Crippen LogP contribution in [-0.2, 0) is 9.22 Å². The highest BCUT2D eigenvalue weighted by Crippen LogP contribution is 2.26. The van der Waals surface area contributed by atoms with Crippen LogP contribution in [0.4, 0.5) is 0 Å². The molecular formula is C16H15ClINO. The van der Waals surface area contributed by atoms with Gasteiger partial charge < -0.3 is 5.32 Å². The van der Waals surface area contributed by atoms with Crippen LogP contribution in [0.25, 0.3) is 0 Å². The second-order valence-electron chi connectivity index (χ2n) is 4.47. The summed E-state index contributed by atoms with van der Waals surface area (Å²) in [5.74, 6) is -0.324. The Morgan fingerprint density at radius 2 is 1.60 bits per heavy atom. The fourth-order valence-corrected chi connectivity index (χ4v) is 2.73. The summed E-state index contributed by atoms with van der Waals surface area (Å²) in [7, 11) is 1.66. The second kappa shape index (κ2) is 7.09. The van der Waals surface area contributed by atoms with Crippen LogP contribution in [0.5, 0.6) is 0 Å². The molecule has 0 spiro atoms. The summed E-state index contributed by atoms with van der Waals surface area (Å²) < 4.78 is 0.962. The molecule has 0 aliphatic rings. The highest BCUT2D eigenvalue weighted by Gasteiger charge is 2.21. The van der Waals surface area contributed by atoms with Crippen molar-refractivity contribution in [2.24, 2.45) is 0 Å². The van der Waals surface area contributed by atoms with Crippen molar-refractivity contribution in [1.82, 2.24) is 5.32 Å². The molecule has 0 saturated carbocycles. The Kier molecular flexibility index (Phi) is 5.43. The lowest BCUT2D eigenvalue weighted by Gasteiger charge is -2.17. The van der Waals surface area contributed by atoms with Gasteiger partial charge in [0.2, 0.25) is 5.91 Å². The minimum absolute atomic E-state index is 0.0189. The van der Waals surface area contributed by atoms with Gasteiger partial charge in [0, 0.05) is 16.5 Å². The third-order valence-electron chi connectivity index (χ3n) is 3.18. The van der Waals surface area contributed by atoms with Crippen molar-refractivity contribution in [3.63, 3.8) is 0 Å². The van der Waals surface area contributed by atoms with Crippen LogP contribution >= 0.6 is 34.2 Å². The summed E-state index contributed by atoms with van der Waals surface area (Å²) in [6.07, 6.45) is 0. The molecule has 1 amide bonds. The van der Waals surface area contributed by atoms with E-state index in [9.17, 15) is 4.79 Å². The summed E-state index contributed by atoms with van der Waals surface area (Å²) in [4.78, 5) is 12.2. The molecule has 0 fully saturated rings. The fourth-order valence-electron chi connectivity index (χ4n) is 2.09. The molecule has 1 N–H and O–H groups in total. The molecule has 0 saturated heterocycles.